The zero-order chi connectivity index (χ0) is 15.3. The SMILES string of the molecule is CCCNC(Cc1cc(C)ccc1C)C1(C)CCCCC1. The third kappa shape index (κ3) is 4.32. The summed E-state index contributed by atoms with van der Waals surface area (Å²) in [4.78, 5) is 0. The highest BCUT2D eigenvalue weighted by atomic mass is 14.9. The summed E-state index contributed by atoms with van der Waals surface area (Å²) in [6.07, 6.45) is 9.43. The third-order valence-corrected chi connectivity index (χ3v) is 5.41. The molecule has 1 unspecified atom stereocenters. The maximum Gasteiger partial charge on any atom is 0.0161 e. The van der Waals surface area contributed by atoms with Crippen LogP contribution in [0.25, 0.3) is 0 Å². The fraction of sp³-hybridized carbons (Fsp3) is 0.700. The fourth-order valence-corrected chi connectivity index (χ4v) is 3.83. The molecule has 2 rings (SSSR count). The molecular weight excluding hydrogens is 254 g/mol. The molecule has 0 bridgehead atoms. The van der Waals surface area contributed by atoms with Gasteiger partial charge in [-0.25, -0.2) is 0 Å². The lowest BCUT2D eigenvalue weighted by Crippen LogP contribution is -2.46. The molecular formula is C20H33N. The summed E-state index contributed by atoms with van der Waals surface area (Å²) in [5, 5.41) is 3.87. The van der Waals surface area contributed by atoms with E-state index in [4.69, 9.17) is 0 Å². The van der Waals surface area contributed by atoms with Crippen molar-refractivity contribution in [2.75, 3.05) is 6.54 Å². The van der Waals surface area contributed by atoms with Crippen molar-refractivity contribution in [1.82, 2.24) is 5.32 Å². The number of hydrogen-bond donors (Lipinski definition) is 1. The summed E-state index contributed by atoms with van der Waals surface area (Å²) in [5.74, 6) is 0. The second-order valence-corrected chi connectivity index (χ2v) is 7.36. The van der Waals surface area contributed by atoms with Gasteiger partial charge in [-0.3, -0.25) is 0 Å². The van der Waals surface area contributed by atoms with E-state index in [0.29, 0.717) is 11.5 Å². The minimum Gasteiger partial charge on any atom is -0.313 e. The van der Waals surface area contributed by atoms with Crippen LogP contribution in [0.4, 0.5) is 0 Å². The summed E-state index contributed by atoms with van der Waals surface area (Å²) in [6, 6.07) is 7.53. The summed E-state index contributed by atoms with van der Waals surface area (Å²) in [5.41, 5.74) is 4.85. The van der Waals surface area contributed by atoms with Crippen molar-refractivity contribution in [3.63, 3.8) is 0 Å². The van der Waals surface area contributed by atoms with Crippen molar-refractivity contribution < 1.29 is 0 Å². The monoisotopic (exact) mass is 287 g/mol. The minimum absolute atomic E-state index is 0.476. The summed E-state index contributed by atoms with van der Waals surface area (Å²) >= 11 is 0. The molecule has 0 aromatic heterocycles. The topological polar surface area (TPSA) is 12.0 Å². The summed E-state index contributed by atoms with van der Waals surface area (Å²) < 4.78 is 0. The van der Waals surface area contributed by atoms with E-state index in [1.165, 1.54) is 61.6 Å². The predicted molar refractivity (Wildman–Crippen MR) is 92.9 cm³/mol. The maximum absolute atomic E-state index is 3.87. The van der Waals surface area contributed by atoms with Crippen molar-refractivity contribution in [2.45, 2.75) is 78.7 Å². The number of aryl methyl sites for hydroxylation is 2. The molecule has 0 radical (unpaired) electrons. The van der Waals surface area contributed by atoms with E-state index in [9.17, 15) is 0 Å². The number of hydrogen-bond acceptors (Lipinski definition) is 1. The third-order valence-electron chi connectivity index (χ3n) is 5.41. The Morgan fingerprint density at radius 2 is 1.86 bits per heavy atom. The van der Waals surface area contributed by atoms with Gasteiger partial charge >= 0.3 is 0 Å². The van der Waals surface area contributed by atoms with Crippen LogP contribution in [0.1, 0.15) is 69.1 Å². The first-order valence-electron chi connectivity index (χ1n) is 8.84. The molecule has 1 aromatic rings. The molecule has 0 aliphatic heterocycles. The highest BCUT2D eigenvalue weighted by molar-refractivity contribution is 5.31. The van der Waals surface area contributed by atoms with Crippen LogP contribution in [0.5, 0.6) is 0 Å². The van der Waals surface area contributed by atoms with Crippen LogP contribution in [-0.4, -0.2) is 12.6 Å². The number of nitrogens with one attached hydrogen (secondary N) is 1. The Balaban J connectivity index is 2.17. The molecule has 1 atom stereocenters. The van der Waals surface area contributed by atoms with Crippen molar-refractivity contribution in [3.05, 3.63) is 34.9 Å². The summed E-state index contributed by atoms with van der Waals surface area (Å²) in [7, 11) is 0. The van der Waals surface area contributed by atoms with Gasteiger partial charge in [0.1, 0.15) is 0 Å². The zero-order valence-electron chi connectivity index (χ0n) is 14.5. The summed E-state index contributed by atoms with van der Waals surface area (Å²) in [6.45, 7) is 10.4. The first-order valence-corrected chi connectivity index (χ1v) is 8.84. The lowest BCUT2D eigenvalue weighted by Gasteiger charge is -2.42. The molecule has 1 nitrogen and oxygen atoms in total. The van der Waals surface area contributed by atoms with Gasteiger partial charge in [-0.05, 0) is 62.6 Å². The molecule has 1 aromatic carbocycles. The molecule has 21 heavy (non-hydrogen) atoms. The minimum atomic E-state index is 0.476. The van der Waals surface area contributed by atoms with Crippen molar-refractivity contribution >= 4 is 0 Å². The van der Waals surface area contributed by atoms with Gasteiger partial charge in [-0.2, -0.15) is 0 Å². The molecule has 1 aliphatic rings. The second-order valence-electron chi connectivity index (χ2n) is 7.36. The Bertz CT molecular complexity index is 443. The van der Waals surface area contributed by atoms with Gasteiger partial charge in [0.25, 0.3) is 0 Å². The van der Waals surface area contributed by atoms with Crippen molar-refractivity contribution in [3.8, 4) is 0 Å². The molecule has 1 fully saturated rings. The molecule has 0 heterocycles. The van der Waals surface area contributed by atoms with E-state index < -0.39 is 0 Å². The van der Waals surface area contributed by atoms with E-state index in [0.717, 1.165) is 6.54 Å². The Hall–Kier alpha value is -0.820. The van der Waals surface area contributed by atoms with Gasteiger partial charge in [0.15, 0.2) is 0 Å². The van der Waals surface area contributed by atoms with Gasteiger partial charge < -0.3 is 5.32 Å². The van der Waals surface area contributed by atoms with E-state index in [1.807, 2.05) is 0 Å². The first-order chi connectivity index (χ1) is 10.0. The van der Waals surface area contributed by atoms with Gasteiger partial charge in [0, 0.05) is 6.04 Å². The average molecular weight is 287 g/mol. The second kappa shape index (κ2) is 7.45. The molecule has 0 amide bonds. The predicted octanol–water partition coefficient (Wildman–Crippen LogP) is 5.18. The van der Waals surface area contributed by atoms with E-state index in [-0.39, 0.29) is 0 Å². The largest absolute Gasteiger partial charge is 0.313 e. The van der Waals surface area contributed by atoms with Gasteiger partial charge in [-0.1, -0.05) is 56.9 Å². The van der Waals surface area contributed by atoms with E-state index >= 15 is 0 Å². The van der Waals surface area contributed by atoms with Crippen LogP contribution in [0, 0.1) is 19.3 Å². The molecule has 0 saturated heterocycles. The lowest BCUT2D eigenvalue weighted by molar-refractivity contribution is 0.143. The molecule has 1 saturated carbocycles. The maximum atomic E-state index is 3.87. The Morgan fingerprint density at radius 1 is 1.14 bits per heavy atom. The standard InChI is InChI=1S/C20H33N/c1-5-13-21-19(20(4)11-7-6-8-12-20)15-18-14-16(2)9-10-17(18)3/h9-10,14,19,21H,5-8,11-13,15H2,1-4H3. The van der Waals surface area contributed by atoms with Gasteiger partial charge in [-0.15, -0.1) is 0 Å². The smallest absolute Gasteiger partial charge is 0.0161 e. The van der Waals surface area contributed by atoms with Crippen LogP contribution < -0.4 is 5.32 Å². The highest BCUT2D eigenvalue weighted by Gasteiger charge is 2.35. The Kier molecular flexibility index (Phi) is 5.87. The molecule has 1 N–H and O–H groups in total. The van der Waals surface area contributed by atoms with Gasteiger partial charge in [0.2, 0.25) is 0 Å². The normalized spacial score (nSPS) is 19.4. The van der Waals surface area contributed by atoms with Crippen LogP contribution in [0.2, 0.25) is 0 Å². The molecule has 1 heteroatoms. The van der Waals surface area contributed by atoms with Crippen LogP contribution in [0.3, 0.4) is 0 Å². The lowest BCUT2D eigenvalue weighted by atomic mass is 9.68. The molecule has 118 valence electrons. The van der Waals surface area contributed by atoms with Crippen LogP contribution >= 0.6 is 0 Å². The fourth-order valence-electron chi connectivity index (χ4n) is 3.83. The molecule has 0 spiro atoms. The van der Waals surface area contributed by atoms with Gasteiger partial charge in [0.05, 0.1) is 0 Å². The highest BCUT2D eigenvalue weighted by Crippen LogP contribution is 2.40. The van der Waals surface area contributed by atoms with E-state index in [2.05, 4.69) is 51.2 Å². The Morgan fingerprint density at radius 3 is 2.52 bits per heavy atom. The van der Waals surface area contributed by atoms with Crippen LogP contribution in [0.15, 0.2) is 18.2 Å². The Labute approximate surface area is 131 Å². The number of rotatable bonds is 6. The average Bonchev–Trinajstić information content (AvgIpc) is 2.47. The van der Waals surface area contributed by atoms with Crippen LogP contribution in [-0.2, 0) is 6.42 Å². The zero-order valence-corrected chi connectivity index (χ0v) is 14.5. The quantitative estimate of drug-likeness (QED) is 0.759. The van der Waals surface area contributed by atoms with E-state index in [1.54, 1.807) is 0 Å². The molecule has 1 aliphatic carbocycles. The first kappa shape index (κ1) is 16.5. The number of benzene rings is 1. The van der Waals surface area contributed by atoms with Crippen molar-refractivity contribution in [2.24, 2.45) is 5.41 Å². The van der Waals surface area contributed by atoms with Crippen molar-refractivity contribution in [1.29, 1.82) is 0 Å².